The molecule has 5 nitrogen and oxygen atoms in total. The maximum Gasteiger partial charge on any atom is 0.241 e. The standard InChI is InChI=1S/C18H16N4OS/c1-22(10-13-12-24-16-8-3-2-6-14(13)16)11-17-20-18(21-23-17)15-7-4-5-9-19-15/h2-9,12H,10-11H2,1H3. The van der Waals surface area contributed by atoms with E-state index in [9.17, 15) is 0 Å². The molecule has 0 saturated carbocycles. The van der Waals surface area contributed by atoms with Crippen LogP contribution >= 0.6 is 11.3 Å². The topological polar surface area (TPSA) is 55.1 Å². The molecular weight excluding hydrogens is 320 g/mol. The third-order valence-corrected chi connectivity index (χ3v) is 4.78. The van der Waals surface area contributed by atoms with Gasteiger partial charge in [-0.25, -0.2) is 0 Å². The van der Waals surface area contributed by atoms with Crippen molar-refractivity contribution in [2.75, 3.05) is 7.05 Å². The number of benzene rings is 1. The lowest BCUT2D eigenvalue weighted by Gasteiger charge is -2.13. The number of thiophene rings is 1. The summed E-state index contributed by atoms with van der Waals surface area (Å²) in [5.74, 6) is 1.12. The minimum absolute atomic E-state index is 0.528. The number of aromatic nitrogens is 3. The Hall–Kier alpha value is -2.57. The number of rotatable bonds is 5. The Labute approximate surface area is 143 Å². The molecule has 0 amide bonds. The smallest absolute Gasteiger partial charge is 0.241 e. The van der Waals surface area contributed by atoms with E-state index in [0.717, 1.165) is 12.2 Å². The molecule has 0 aliphatic carbocycles. The van der Waals surface area contributed by atoms with Gasteiger partial charge in [0, 0.05) is 17.4 Å². The van der Waals surface area contributed by atoms with E-state index in [2.05, 4.69) is 56.7 Å². The zero-order chi connectivity index (χ0) is 16.4. The number of hydrogen-bond acceptors (Lipinski definition) is 6. The van der Waals surface area contributed by atoms with Crippen molar-refractivity contribution in [2.45, 2.75) is 13.1 Å². The van der Waals surface area contributed by atoms with Gasteiger partial charge in [0.1, 0.15) is 5.69 Å². The number of hydrogen-bond donors (Lipinski definition) is 0. The highest BCUT2D eigenvalue weighted by Crippen LogP contribution is 2.26. The van der Waals surface area contributed by atoms with E-state index >= 15 is 0 Å². The highest BCUT2D eigenvalue weighted by atomic mass is 32.1. The molecule has 24 heavy (non-hydrogen) atoms. The van der Waals surface area contributed by atoms with Gasteiger partial charge < -0.3 is 4.52 Å². The van der Waals surface area contributed by atoms with Crippen molar-refractivity contribution in [2.24, 2.45) is 0 Å². The molecule has 0 atom stereocenters. The van der Waals surface area contributed by atoms with Crippen LogP contribution in [0, 0.1) is 0 Å². The van der Waals surface area contributed by atoms with Crippen molar-refractivity contribution in [1.29, 1.82) is 0 Å². The third kappa shape index (κ3) is 3.06. The molecule has 3 heterocycles. The first kappa shape index (κ1) is 15.0. The molecule has 3 aromatic heterocycles. The average Bonchev–Trinajstić information content (AvgIpc) is 3.23. The Bertz CT molecular complexity index is 948. The SMILES string of the molecule is CN(Cc1nc(-c2ccccn2)no1)Cc1csc2ccccc12. The molecule has 0 saturated heterocycles. The first-order chi connectivity index (χ1) is 11.8. The van der Waals surface area contributed by atoms with Gasteiger partial charge in [-0.3, -0.25) is 9.88 Å². The van der Waals surface area contributed by atoms with Gasteiger partial charge in [0.2, 0.25) is 11.7 Å². The summed E-state index contributed by atoms with van der Waals surface area (Å²) in [6, 6.07) is 14.1. The normalized spacial score (nSPS) is 11.4. The van der Waals surface area contributed by atoms with Gasteiger partial charge in [-0.15, -0.1) is 11.3 Å². The number of pyridine rings is 1. The lowest BCUT2D eigenvalue weighted by atomic mass is 10.2. The molecule has 4 aromatic rings. The Morgan fingerprint density at radius 3 is 2.83 bits per heavy atom. The van der Waals surface area contributed by atoms with Crippen LogP contribution in [0.25, 0.3) is 21.6 Å². The predicted octanol–water partition coefficient (Wildman–Crippen LogP) is 3.98. The summed E-state index contributed by atoms with van der Waals surface area (Å²) in [7, 11) is 2.05. The van der Waals surface area contributed by atoms with Crippen molar-refractivity contribution in [3.8, 4) is 11.5 Å². The largest absolute Gasteiger partial charge is 0.337 e. The molecule has 1 aromatic carbocycles. The molecule has 0 spiro atoms. The molecule has 0 radical (unpaired) electrons. The van der Waals surface area contributed by atoms with E-state index in [-0.39, 0.29) is 0 Å². The molecule has 0 bridgehead atoms. The molecule has 0 unspecified atom stereocenters. The van der Waals surface area contributed by atoms with Crippen LogP contribution in [-0.4, -0.2) is 27.1 Å². The van der Waals surface area contributed by atoms with Gasteiger partial charge in [-0.2, -0.15) is 4.98 Å². The van der Waals surface area contributed by atoms with Crippen molar-refractivity contribution in [3.63, 3.8) is 0 Å². The Morgan fingerprint density at radius 1 is 1.08 bits per heavy atom. The first-order valence-corrected chi connectivity index (χ1v) is 8.55. The minimum Gasteiger partial charge on any atom is -0.337 e. The highest BCUT2D eigenvalue weighted by molar-refractivity contribution is 7.17. The summed E-state index contributed by atoms with van der Waals surface area (Å²) >= 11 is 1.78. The Balaban J connectivity index is 1.47. The van der Waals surface area contributed by atoms with Gasteiger partial charge >= 0.3 is 0 Å². The summed E-state index contributed by atoms with van der Waals surface area (Å²) in [6.07, 6.45) is 1.72. The molecule has 120 valence electrons. The van der Waals surface area contributed by atoms with E-state index in [0.29, 0.717) is 18.3 Å². The van der Waals surface area contributed by atoms with Gasteiger partial charge in [0.15, 0.2) is 0 Å². The van der Waals surface area contributed by atoms with E-state index < -0.39 is 0 Å². The average molecular weight is 336 g/mol. The number of fused-ring (bicyclic) bond motifs is 1. The fraction of sp³-hybridized carbons (Fsp3) is 0.167. The molecule has 0 aliphatic rings. The summed E-state index contributed by atoms with van der Waals surface area (Å²) in [5.41, 5.74) is 2.04. The second kappa shape index (κ2) is 6.51. The van der Waals surface area contributed by atoms with Crippen LogP contribution in [0.1, 0.15) is 11.5 Å². The lowest BCUT2D eigenvalue weighted by Crippen LogP contribution is -2.17. The van der Waals surface area contributed by atoms with Crippen LogP contribution in [0.4, 0.5) is 0 Å². The van der Waals surface area contributed by atoms with E-state index in [1.807, 2.05) is 18.2 Å². The maximum atomic E-state index is 5.36. The van der Waals surface area contributed by atoms with Crippen LogP contribution in [0.2, 0.25) is 0 Å². The van der Waals surface area contributed by atoms with Crippen LogP contribution in [0.5, 0.6) is 0 Å². The zero-order valence-electron chi connectivity index (χ0n) is 13.2. The number of nitrogens with zero attached hydrogens (tertiary/aromatic N) is 4. The van der Waals surface area contributed by atoms with Crippen LogP contribution in [-0.2, 0) is 13.1 Å². The minimum atomic E-state index is 0.528. The monoisotopic (exact) mass is 336 g/mol. The fourth-order valence-corrected chi connectivity index (χ4v) is 3.60. The molecule has 0 aliphatic heterocycles. The Morgan fingerprint density at radius 2 is 1.96 bits per heavy atom. The van der Waals surface area contributed by atoms with Crippen molar-refractivity contribution >= 4 is 21.4 Å². The Kier molecular flexibility index (Phi) is 4.06. The van der Waals surface area contributed by atoms with E-state index in [4.69, 9.17) is 4.52 Å². The molecule has 0 fully saturated rings. The van der Waals surface area contributed by atoms with Gasteiger partial charge in [-0.05, 0) is 41.6 Å². The van der Waals surface area contributed by atoms with E-state index in [1.54, 1.807) is 17.5 Å². The summed E-state index contributed by atoms with van der Waals surface area (Å²) < 4.78 is 6.67. The second-order valence-electron chi connectivity index (χ2n) is 5.66. The summed E-state index contributed by atoms with van der Waals surface area (Å²) in [5, 5.41) is 7.54. The molecular formula is C18H16N4OS. The van der Waals surface area contributed by atoms with Crippen molar-refractivity contribution < 1.29 is 4.52 Å². The van der Waals surface area contributed by atoms with Gasteiger partial charge in [0.25, 0.3) is 0 Å². The fourth-order valence-electron chi connectivity index (χ4n) is 2.65. The quantitative estimate of drug-likeness (QED) is 0.552. The molecule has 4 rings (SSSR count). The maximum absolute atomic E-state index is 5.36. The van der Waals surface area contributed by atoms with Gasteiger partial charge in [0.05, 0.1) is 6.54 Å². The molecule has 6 heteroatoms. The van der Waals surface area contributed by atoms with Crippen LogP contribution in [0.15, 0.2) is 58.6 Å². The first-order valence-electron chi connectivity index (χ1n) is 7.67. The highest BCUT2D eigenvalue weighted by Gasteiger charge is 2.13. The third-order valence-electron chi connectivity index (χ3n) is 3.77. The van der Waals surface area contributed by atoms with Crippen LogP contribution < -0.4 is 0 Å². The summed E-state index contributed by atoms with van der Waals surface area (Å²) in [6.45, 7) is 1.44. The van der Waals surface area contributed by atoms with Crippen molar-refractivity contribution in [3.05, 3.63) is 65.5 Å². The summed E-state index contributed by atoms with van der Waals surface area (Å²) in [4.78, 5) is 10.8. The predicted molar refractivity (Wildman–Crippen MR) is 94.5 cm³/mol. The zero-order valence-corrected chi connectivity index (χ0v) is 14.0. The van der Waals surface area contributed by atoms with Crippen molar-refractivity contribution in [1.82, 2.24) is 20.0 Å². The van der Waals surface area contributed by atoms with E-state index in [1.165, 1.54) is 15.6 Å². The molecule has 0 N–H and O–H groups in total. The van der Waals surface area contributed by atoms with Crippen LogP contribution in [0.3, 0.4) is 0 Å². The lowest BCUT2D eigenvalue weighted by molar-refractivity contribution is 0.261. The van der Waals surface area contributed by atoms with Gasteiger partial charge in [-0.1, -0.05) is 29.4 Å². The second-order valence-corrected chi connectivity index (χ2v) is 6.57.